The van der Waals surface area contributed by atoms with E-state index < -0.39 is 0 Å². The molecule has 0 spiro atoms. The van der Waals surface area contributed by atoms with E-state index in [2.05, 4.69) is 27.2 Å². The van der Waals surface area contributed by atoms with Crippen molar-refractivity contribution in [2.75, 3.05) is 13.1 Å². The standard InChI is InChI=1S/C9H11N3O/c1-2-5-10-7-12-9(13)8-4-3-6-11-8/h1,8,11H,3-6H2. The molecule has 0 radical (unpaired) electrons. The third-order valence-corrected chi connectivity index (χ3v) is 1.76. The molecule has 0 aliphatic carbocycles. The fourth-order valence-corrected chi connectivity index (χ4v) is 1.14. The summed E-state index contributed by atoms with van der Waals surface area (Å²) in [6.07, 6.45) is 6.81. The molecule has 1 aliphatic heterocycles. The quantitative estimate of drug-likeness (QED) is 0.479. The molecule has 13 heavy (non-hydrogen) atoms. The van der Waals surface area contributed by atoms with Gasteiger partial charge in [-0.2, -0.15) is 0 Å². The highest BCUT2D eigenvalue weighted by molar-refractivity contribution is 5.87. The van der Waals surface area contributed by atoms with Crippen molar-refractivity contribution in [3.05, 3.63) is 0 Å². The van der Waals surface area contributed by atoms with Crippen LogP contribution >= 0.6 is 0 Å². The van der Waals surface area contributed by atoms with Gasteiger partial charge in [0, 0.05) is 0 Å². The van der Waals surface area contributed by atoms with Crippen molar-refractivity contribution in [2.45, 2.75) is 18.9 Å². The van der Waals surface area contributed by atoms with E-state index in [0.717, 1.165) is 19.4 Å². The Morgan fingerprint density at radius 1 is 1.69 bits per heavy atom. The third-order valence-electron chi connectivity index (χ3n) is 1.76. The first-order valence-electron chi connectivity index (χ1n) is 4.17. The van der Waals surface area contributed by atoms with Crippen LogP contribution in [0.5, 0.6) is 0 Å². The van der Waals surface area contributed by atoms with Gasteiger partial charge in [-0.25, -0.2) is 4.99 Å². The molecule has 1 saturated heterocycles. The second kappa shape index (κ2) is 5.26. The highest BCUT2D eigenvalue weighted by Gasteiger charge is 2.20. The monoisotopic (exact) mass is 177 g/mol. The Kier molecular flexibility index (Phi) is 3.90. The minimum absolute atomic E-state index is 0.145. The summed E-state index contributed by atoms with van der Waals surface area (Å²) < 4.78 is 0. The van der Waals surface area contributed by atoms with Gasteiger partial charge in [0.05, 0.1) is 12.1 Å². The van der Waals surface area contributed by atoms with Crippen LogP contribution in [0.2, 0.25) is 0 Å². The molecule has 1 amide bonds. The maximum atomic E-state index is 11.2. The van der Waals surface area contributed by atoms with E-state index >= 15 is 0 Å². The summed E-state index contributed by atoms with van der Waals surface area (Å²) in [4.78, 5) is 18.3. The summed E-state index contributed by atoms with van der Waals surface area (Å²) in [6, 6.07) is 2.14. The molecule has 0 aromatic rings. The Hall–Kier alpha value is -1.43. The lowest BCUT2D eigenvalue weighted by atomic mass is 10.2. The minimum atomic E-state index is -0.210. The van der Waals surface area contributed by atoms with Crippen LogP contribution in [0.1, 0.15) is 12.8 Å². The van der Waals surface area contributed by atoms with Crippen molar-refractivity contribution in [3.63, 3.8) is 0 Å². The summed E-state index contributed by atoms with van der Waals surface area (Å²) in [5, 5.41) is 3.03. The Balaban J connectivity index is 2.40. The molecule has 1 unspecified atom stereocenters. The Morgan fingerprint density at radius 2 is 2.54 bits per heavy atom. The third kappa shape index (κ3) is 3.20. The second-order valence-electron chi connectivity index (χ2n) is 2.72. The van der Waals surface area contributed by atoms with Crippen molar-refractivity contribution in [3.8, 4) is 12.3 Å². The summed E-state index contributed by atoms with van der Waals surface area (Å²) in [5.41, 5.74) is 0. The van der Waals surface area contributed by atoms with Crippen molar-refractivity contribution >= 4 is 11.9 Å². The molecular weight excluding hydrogens is 166 g/mol. The summed E-state index contributed by atoms with van der Waals surface area (Å²) >= 11 is 0. The highest BCUT2D eigenvalue weighted by atomic mass is 16.1. The van der Waals surface area contributed by atoms with Crippen LogP contribution in [-0.2, 0) is 4.79 Å². The van der Waals surface area contributed by atoms with Crippen molar-refractivity contribution in [2.24, 2.45) is 9.98 Å². The molecule has 4 nitrogen and oxygen atoms in total. The maximum Gasteiger partial charge on any atom is 0.272 e. The molecule has 1 aliphatic rings. The lowest BCUT2D eigenvalue weighted by molar-refractivity contribution is -0.119. The predicted octanol–water partition coefficient (Wildman–Crippen LogP) is 0.0721. The van der Waals surface area contributed by atoms with Crippen LogP contribution in [0.15, 0.2) is 9.98 Å². The van der Waals surface area contributed by atoms with Gasteiger partial charge in [-0.1, -0.05) is 5.92 Å². The molecule has 0 aromatic heterocycles. The van der Waals surface area contributed by atoms with Gasteiger partial charge in [0.15, 0.2) is 0 Å². The number of carbonyl (C=O) groups is 1. The molecule has 0 aromatic carbocycles. The maximum absolute atomic E-state index is 11.2. The molecule has 1 fully saturated rings. The smallest absolute Gasteiger partial charge is 0.272 e. The van der Waals surface area contributed by atoms with Gasteiger partial charge in [-0.05, 0) is 19.4 Å². The van der Waals surface area contributed by atoms with Crippen LogP contribution in [0.4, 0.5) is 0 Å². The first-order valence-corrected chi connectivity index (χ1v) is 4.17. The zero-order valence-electron chi connectivity index (χ0n) is 7.29. The fraction of sp³-hybridized carbons (Fsp3) is 0.556. The van der Waals surface area contributed by atoms with Gasteiger partial charge in [0.1, 0.15) is 6.54 Å². The first kappa shape index (κ1) is 9.66. The molecule has 1 N–H and O–H groups in total. The minimum Gasteiger partial charge on any atom is -0.306 e. The lowest BCUT2D eigenvalue weighted by Gasteiger charge is -2.00. The molecule has 0 bridgehead atoms. The zero-order chi connectivity index (χ0) is 9.52. The molecule has 4 heteroatoms. The average molecular weight is 177 g/mol. The Bertz CT molecular complexity index is 278. The van der Waals surface area contributed by atoms with E-state index in [1.807, 2.05) is 0 Å². The molecule has 1 heterocycles. The normalized spacial score (nSPS) is 20.1. The molecule has 1 atom stereocenters. The van der Waals surface area contributed by atoms with Crippen molar-refractivity contribution in [1.82, 2.24) is 5.32 Å². The number of rotatable bonds is 2. The molecule has 68 valence electrons. The van der Waals surface area contributed by atoms with Gasteiger partial charge in [0.2, 0.25) is 0 Å². The van der Waals surface area contributed by atoms with Crippen LogP contribution in [0.25, 0.3) is 0 Å². The van der Waals surface area contributed by atoms with Crippen molar-refractivity contribution in [1.29, 1.82) is 0 Å². The second-order valence-corrected chi connectivity index (χ2v) is 2.72. The summed E-state index contributed by atoms with van der Waals surface area (Å²) in [7, 11) is 0. The number of hydrogen-bond acceptors (Lipinski definition) is 3. The van der Waals surface area contributed by atoms with Gasteiger partial charge in [0.25, 0.3) is 5.91 Å². The van der Waals surface area contributed by atoms with E-state index in [-0.39, 0.29) is 18.5 Å². The van der Waals surface area contributed by atoms with E-state index in [4.69, 9.17) is 6.42 Å². The van der Waals surface area contributed by atoms with E-state index in [1.165, 1.54) is 0 Å². The average Bonchev–Trinajstić information content (AvgIpc) is 2.65. The number of hydrogen-bond donors (Lipinski definition) is 1. The number of amides is 1. The number of carbonyl (C=O) groups excluding carboxylic acids is 1. The Morgan fingerprint density at radius 3 is 3.15 bits per heavy atom. The Labute approximate surface area is 77.2 Å². The topological polar surface area (TPSA) is 53.8 Å². The molecular formula is C9H11N3O. The van der Waals surface area contributed by atoms with Crippen LogP contribution in [0, 0.1) is 12.3 Å². The summed E-state index contributed by atoms with van der Waals surface area (Å²) in [6.45, 7) is 1.10. The zero-order valence-corrected chi connectivity index (χ0v) is 7.29. The SMILES string of the molecule is C#CCN=C=NC(=O)C1CCCN1. The number of aliphatic imine (C=N–C) groups is 2. The molecule has 1 rings (SSSR count). The summed E-state index contributed by atoms with van der Waals surface area (Å²) in [5.74, 6) is 2.08. The van der Waals surface area contributed by atoms with E-state index in [1.54, 1.807) is 0 Å². The fourth-order valence-electron chi connectivity index (χ4n) is 1.14. The van der Waals surface area contributed by atoms with Gasteiger partial charge >= 0.3 is 0 Å². The predicted molar refractivity (Wildman–Crippen MR) is 49.6 cm³/mol. The first-order chi connectivity index (χ1) is 6.34. The van der Waals surface area contributed by atoms with Crippen LogP contribution < -0.4 is 5.32 Å². The lowest BCUT2D eigenvalue weighted by Crippen LogP contribution is -2.29. The largest absolute Gasteiger partial charge is 0.306 e. The number of terminal acetylenes is 1. The van der Waals surface area contributed by atoms with Gasteiger partial charge in [-0.15, -0.1) is 11.4 Å². The highest BCUT2D eigenvalue weighted by Crippen LogP contribution is 2.05. The van der Waals surface area contributed by atoms with Crippen LogP contribution in [0.3, 0.4) is 0 Å². The number of nitrogens with zero attached hydrogens (tertiary/aromatic N) is 2. The van der Waals surface area contributed by atoms with Gasteiger partial charge < -0.3 is 5.32 Å². The van der Waals surface area contributed by atoms with E-state index in [9.17, 15) is 4.79 Å². The van der Waals surface area contributed by atoms with E-state index in [0.29, 0.717) is 0 Å². The number of nitrogens with one attached hydrogen (secondary N) is 1. The van der Waals surface area contributed by atoms with Crippen molar-refractivity contribution < 1.29 is 4.79 Å². The van der Waals surface area contributed by atoms with Crippen LogP contribution in [-0.4, -0.2) is 31.0 Å². The molecule has 0 saturated carbocycles. The van der Waals surface area contributed by atoms with Gasteiger partial charge in [-0.3, -0.25) is 4.79 Å².